The Morgan fingerprint density at radius 2 is 2.00 bits per heavy atom. The number of anilines is 1. The minimum absolute atomic E-state index is 0.0476. The molecule has 0 aromatic carbocycles. The molecule has 1 aromatic heterocycles. The SMILES string of the molecule is CCCNC(=O)CNC(=O)c1cc(CC)nc(NN)c1. The second kappa shape index (κ2) is 8.11. The van der Waals surface area contributed by atoms with Crippen LogP contribution in [0.15, 0.2) is 12.1 Å². The molecule has 0 aliphatic rings. The van der Waals surface area contributed by atoms with Gasteiger partial charge >= 0.3 is 0 Å². The van der Waals surface area contributed by atoms with Crippen molar-refractivity contribution in [2.24, 2.45) is 5.84 Å². The molecule has 110 valence electrons. The van der Waals surface area contributed by atoms with Crippen molar-refractivity contribution in [2.45, 2.75) is 26.7 Å². The monoisotopic (exact) mass is 279 g/mol. The van der Waals surface area contributed by atoms with E-state index >= 15 is 0 Å². The zero-order chi connectivity index (χ0) is 15.0. The maximum absolute atomic E-state index is 12.0. The maximum atomic E-state index is 12.0. The van der Waals surface area contributed by atoms with Crippen LogP contribution in [0.1, 0.15) is 36.3 Å². The van der Waals surface area contributed by atoms with Crippen molar-refractivity contribution in [1.29, 1.82) is 0 Å². The van der Waals surface area contributed by atoms with E-state index in [4.69, 9.17) is 5.84 Å². The minimum Gasteiger partial charge on any atom is -0.355 e. The van der Waals surface area contributed by atoms with Crippen LogP contribution in [0.2, 0.25) is 0 Å². The van der Waals surface area contributed by atoms with Crippen molar-refractivity contribution in [3.8, 4) is 0 Å². The van der Waals surface area contributed by atoms with E-state index < -0.39 is 0 Å². The molecule has 1 rings (SSSR count). The molecule has 7 nitrogen and oxygen atoms in total. The fourth-order valence-electron chi connectivity index (χ4n) is 1.56. The number of nitrogens with one attached hydrogen (secondary N) is 3. The first-order chi connectivity index (χ1) is 9.60. The van der Waals surface area contributed by atoms with Crippen LogP contribution in [0.3, 0.4) is 0 Å². The molecule has 0 spiro atoms. The third kappa shape index (κ3) is 4.85. The highest BCUT2D eigenvalue weighted by molar-refractivity contribution is 5.97. The summed E-state index contributed by atoms with van der Waals surface area (Å²) in [5.41, 5.74) is 3.59. The third-order valence-corrected chi connectivity index (χ3v) is 2.63. The first kappa shape index (κ1) is 15.9. The van der Waals surface area contributed by atoms with E-state index in [0.29, 0.717) is 24.3 Å². The van der Waals surface area contributed by atoms with Crippen LogP contribution < -0.4 is 21.9 Å². The number of nitrogen functional groups attached to an aromatic ring is 1. The number of nitrogens with zero attached hydrogens (tertiary/aromatic N) is 1. The molecule has 0 fully saturated rings. The lowest BCUT2D eigenvalue weighted by atomic mass is 10.2. The van der Waals surface area contributed by atoms with Crippen molar-refractivity contribution < 1.29 is 9.59 Å². The number of nitrogens with two attached hydrogens (primary N) is 1. The molecule has 0 saturated heterocycles. The standard InChI is InChI=1S/C13H21N5O2/c1-3-5-15-12(19)8-16-13(20)9-6-10(4-2)17-11(7-9)18-14/h6-7H,3-5,8,14H2,1-2H3,(H,15,19)(H,16,20)(H,17,18). The molecule has 5 N–H and O–H groups in total. The van der Waals surface area contributed by atoms with E-state index in [2.05, 4.69) is 21.0 Å². The summed E-state index contributed by atoms with van der Waals surface area (Å²) in [4.78, 5) is 27.6. The molecule has 7 heteroatoms. The van der Waals surface area contributed by atoms with Crippen molar-refractivity contribution in [1.82, 2.24) is 15.6 Å². The summed E-state index contributed by atoms with van der Waals surface area (Å²) in [5.74, 6) is 5.20. The number of hydrogen-bond acceptors (Lipinski definition) is 5. The Balaban J connectivity index is 2.65. The molecule has 0 atom stereocenters. The van der Waals surface area contributed by atoms with Gasteiger partial charge in [0.05, 0.1) is 6.54 Å². The molecular formula is C13H21N5O2. The Bertz CT molecular complexity index is 454. The van der Waals surface area contributed by atoms with E-state index in [-0.39, 0.29) is 18.4 Å². The zero-order valence-electron chi connectivity index (χ0n) is 11.8. The van der Waals surface area contributed by atoms with Gasteiger partial charge in [-0.25, -0.2) is 10.8 Å². The molecule has 0 aliphatic heterocycles. The fourth-order valence-corrected chi connectivity index (χ4v) is 1.56. The molecule has 0 bridgehead atoms. The van der Waals surface area contributed by atoms with Crippen LogP contribution in [-0.2, 0) is 11.2 Å². The predicted molar refractivity (Wildman–Crippen MR) is 77.1 cm³/mol. The van der Waals surface area contributed by atoms with Crippen molar-refractivity contribution in [3.63, 3.8) is 0 Å². The largest absolute Gasteiger partial charge is 0.355 e. The quantitative estimate of drug-likeness (QED) is 0.421. The number of rotatable bonds is 7. The highest BCUT2D eigenvalue weighted by Crippen LogP contribution is 2.10. The number of hydrogen-bond donors (Lipinski definition) is 4. The lowest BCUT2D eigenvalue weighted by Crippen LogP contribution is -2.37. The van der Waals surface area contributed by atoms with Crippen LogP contribution in [-0.4, -0.2) is 29.9 Å². The number of aromatic nitrogens is 1. The van der Waals surface area contributed by atoms with E-state index in [0.717, 1.165) is 12.1 Å². The summed E-state index contributed by atoms with van der Waals surface area (Å²) in [6, 6.07) is 3.22. The molecule has 0 unspecified atom stereocenters. The number of pyridine rings is 1. The second-order valence-corrected chi connectivity index (χ2v) is 4.26. The normalized spacial score (nSPS) is 9.95. The van der Waals surface area contributed by atoms with E-state index in [1.54, 1.807) is 12.1 Å². The van der Waals surface area contributed by atoms with Crippen LogP contribution in [0.4, 0.5) is 5.82 Å². The topological polar surface area (TPSA) is 109 Å². The zero-order valence-corrected chi connectivity index (χ0v) is 11.8. The van der Waals surface area contributed by atoms with Gasteiger partial charge in [0.25, 0.3) is 5.91 Å². The number of aryl methyl sites for hydroxylation is 1. The summed E-state index contributed by atoms with van der Waals surface area (Å²) in [5, 5.41) is 5.25. The van der Waals surface area contributed by atoms with Crippen LogP contribution in [0.25, 0.3) is 0 Å². The summed E-state index contributed by atoms with van der Waals surface area (Å²) in [6.07, 6.45) is 1.54. The van der Waals surface area contributed by atoms with Crippen molar-refractivity contribution in [2.75, 3.05) is 18.5 Å². The molecule has 1 aromatic rings. The minimum atomic E-state index is -0.328. The molecule has 1 heterocycles. The Labute approximate surface area is 118 Å². The fraction of sp³-hybridized carbons (Fsp3) is 0.462. The van der Waals surface area contributed by atoms with E-state index in [1.165, 1.54) is 0 Å². The lowest BCUT2D eigenvalue weighted by Gasteiger charge is -2.09. The number of carbonyl (C=O) groups is 2. The molecular weight excluding hydrogens is 258 g/mol. The smallest absolute Gasteiger partial charge is 0.251 e. The van der Waals surface area contributed by atoms with Gasteiger partial charge in [-0.2, -0.15) is 0 Å². The van der Waals surface area contributed by atoms with Crippen LogP contribution >= 0.6 is 0 Å². The van der Waals surface area contributed by atoms with Crippen LogP contribution in [0.5, 0.6) is 0 Å². The van der Waals surface area contributed by atoms with Crippen LogP contribution in [0, 0.1) is 0 Å². The van der Waals surface area contributed by atoms with Gasteiger partial charge in [0.1, 0.15) is 5.82 Å². The Morgan fingerprint density at radius 1 is 1.25 bits per heavy atom. The van der Waals surface area contributed by atoms with Gasteiger partial charge in [-0.3, -0.25) is 9.59 Å². The van der Waals surface area contributed by atoms with Gasteiger partial charge in [0, 0.05) is 17.8 Å². The van der Waals surface area contributed by atoms with E-state index in [9.17, 15) is 9.59 Å². The molecule has 0 radical (unpaired) electrons. The number of carbonyl (C=O) groups excluding carboxylic acids is 2. The number of hydrazine groups is 1. The molecule has 0 aliphatic carbocycles. The summed E-state index contributed by atoms with van der Waals surface area (Å²) in [6.45, 7) is 4.45. The van der Waals surface area contributed by atoms with Gasteiger partial charge in [-0.1, -0.05) is 13.8 Å². The molecule has 2 amide bonds. The Hall–Kier alpha value is -2.15. The molecule has 20 heavy (non-hydrogen) atoms. The predicted octanol–water partition coefficient (Wildman–Crippen LogP) is 0.186. The van der Waals surface area contributed by atoms with Gasteiger partial charge in [0.2, 0.25) is 5.91 Å². The average Bonchev–Trinajstić information content (AvgIpc) is 2.49. The van der Waals surface area contributed by atoms with Crippen molar-refractivity contribution in [3.05, 3.63) is 23.4 Å². The number of amides is 2. The highest BCUT2D eigenvalue weighted by atomic mass is 16.2. The summed E-state index contributed by atoms with van der Waals surface area (Å²) in [7, 11) is 0. The maximum Gasteiger partial charge on any atom is 0.251 e. The summed E-state index contributed by atoms with van der Waals surface area (Å²) >= 11 is 0. The first-order valence-corrected chi connectivity index (χ1v) is 6.63. The van der Waals surface area contributed by atoms with Crippen molar-refractivity contribution >= 4 is 17.6 Å². The Kier molecular flexibility index (Phi) is 6.45. The summed E-state index contributed by atoms with van der Waals surface area (Å²) < 4.78 is 0. The highest BCUT2D eigenvalue weighted by Gasteiger charge is 2.10. The van der Waals surface area contributed by atoms with Gasteiger partial charge in [-0.15, -0.1) is 0 Å². The van der Waals surface area contributed by atoms with Gasteiger partial charge in [0.15, 0.2) is 0 Å². The third-order valence-electron chi connectivity index (χ3n) is 2.63. The second-order valence-electron chi connectivity index (χ2n) is 4.26. The molecule has 0 saturated carbocycles. The van der Waals surface area contributed by atoms with E-state index in [1.807, 2.05) is 13.8 Å². The first-order valence-electron chi connectivity index (χ1n) is 6.63. The Morgan fingerprint density at radius 3 is 2.60 bits per heavy atom. The van der Waals surface area contributed by atoms with Gasteiger partial charge < -0.3 is 16.1 Å². The van der Waals surface area contributed by atoms with Gasteiger partial charge in [-0.05, 0) is 25.0 Å². The average molecular weight is 279 g/mol. The lowest BCUT2D eigenvalue weighted by molar-refractivity contribution is -0.120.